The molecule has 0 spiro atoms. The minimum Gasteiger partial charge on any atom is -0.462 e. The van der Waals surface area contributed by atoms with Crippen LogP contribution in [-0.2, 0) is 4.74 Å². The molecule has 1 aromatic heterocycles. The summed E-state index contributed by atoms with van der Waals surface area (Å²) < 4.78 is 5.11. The van der Waals surface area contributed by atoms with E-state index in [-0.39, 0.29) is 12.0 Å². The van der Waals surface area contributed by atoms with Gasteiger partial charge in [0.05, 0.1) is 24.9 Å². The number of carbonyl (C=O) groups is 1. The monoisotopic (exact) mass is 424 g/mol. The molecule has 1 unspecified atom stereocenters. The van der Waals surface area contributed by atoms with E-state index in [2.05, 4.69) is 39.3 Å². The summed E-state index contributed by atoms with van der Waals surface area (Å²) >= 11 is 1.38. The minimum atomic E-state index is -0.301. The third-order valence-electron chi connectivity index (χ3n) is 4.94. The molecule has 1 aliphatic rings. The maximum absolute atomic E-state index is 12.0. The maximum Gasteiger partial charge on any atom is 0.350 e. The Morgan fingerprint density at radius 2 is 1.93 bits per heavy atom. The number of piperazine rings is 1. The van der Waals surface area contributed by atoms with E-state index in [9.17, 15) is 4.79 Å². The van der Waals surface area contributed by atoms with E-state index in [0.29, 0.717) is 17.2 Å². The lowest BCUT2D eigenvalue weighted by Gasteiger charge is -2.33. The number of hydrogen-bond acceptors (Lipinski definition) is 7. The highest BCUT2D eigenvalue weighted by molar-refractivity contribution is 7.13. The molecule has 1 aromatic rings. The van der Waals surface area contributed by atoms with Gasteiger partial charge in [-0.3, -0.25) is 9.89 Å². The van der Waals surface area contributed by atoms with Crippen LogP contribution < -0.4 is 10.6 Å². The minimum absolute atomic E-state index is 0.0484. The molecular weight excluding hydrogens is 388 g/mol. The smallest absolute Gasteiger partial charge is 0.350 e. The summed E-state index contributed by atoms with van der Waals surface area (Å²) in [6, 6.07) is -0.0484. The van der Waals surface area contributed by atoms with Gasteiger partial charge in [-0.2, -0.15) is 0 Å². The van der Waals surface area contributed by atoms with Crippen LogP contribution in [0.4, 0.5) is 0 Å². The number of aliphatic imine (C=N–C) groups is 1. The summed E-state index contributed by atoms with van der Waals surface area (Å²) in [5.41, 5.74) is 0.713. The molecule has 0 aromatic carbocycles. The molecular formula is C20H36N6O2S. The molecule has 0 saturated carbocycles. The topological polar surface area (TPSA) is 82.1 Å². The van der Waals surface area contributed by atoms with Gasteiger partial charge in [-0.05, 0) is 34.2 Å². The van der Waals surface area contributed by atoms with E-state index < -0.39 is 0 Å². The molecule has 29 heavy (non-hydrogen) atoms. The summed E-state index contributed by atoms with van der Waals surface area (Å²) in [5, 5.41) is 7.56. The Balaban J connectivity index is 1.91. The third kappa shape index (κ3) is 7.24. The van der Waals surface area contributed by atoms with Crippen LogP contribution >= 0.6 is 11.3 Å². The fourth-order valence-corrected chi connectivity index (χ4v) is 4.17. The van der Waals surface area contributed by atoms with Gasteiger partial charge >= 0.3 is 5.97 Å². The van der Waals surface area contributed by atoms with Crippen molar-refractivity contribution < 1.29 is 9.53 Å². The van der Waals surface area contributed by atoms with Crippen molar-refractivity contribution in [3.63, 3.8) is 0 Å². The summed E-state index contributed by atoms with van der Waals surface area (Å²) in [6.07, 6.45) is 0. The van der Waals surface area contributed by atoms with Gasteiger partial charge < -0.3 is 20.3 Å². The van der Waals surface area contributed by atoms with E-state index in [0.717, 1.165) is 63.3 Å². The molecule has 1 fully saturated rings. The van der Waals surface area contributed by atoms with Crippen LogP contribution in [0.15, 0.2) is 4.99 Å². The Labute approximate surface area is 178 Å². The van der Waals surface area contributed by atoms with Crippen molar-refractivity contribution in [1.29, 1.82) is 0 Å². The number of nitrogens with one attached hydrogen (secondary N) is 2. The average molecular weight is 425 g/mol. The predicted octanol–water partition coefficient (Wildman–Crippen LogP) is 1.88. The van der Waals surface area contributed by atoms with Crippen molar-refractivity contribution in [2.75, 3.05) is 59.0 Å². The van der Waals surface area contributed by atoms with Gasteiger partial charge in [-0.1, -0.05) is 6.92 Å². The van der Waals surface area contributed by atoms with Crippen molar-refractivity contribution in [3.05, 3.63) is 15.6 Å². The first-order valence-electron chi connectivity index (χ1n) is 10.6. The molecule has 2 heterocycles. The fraction of sp³-hybridized carbons (Fsp3) is 0.750. The number of aromatic nitrogens is 1. The van der Waals surface area contributed by atoms with Crippen molar-refractivity contribution in [3.8, 4) is 0 Å². The van der Waals surface area contributed by atoms with Crippen LogP contribution in [-0.4, -0.2) is 85.7 Å². The quantitative estimate of drug-likeness (QED) is 0.356. The van der Waals surface area contributed by atoms with E-state index in [1.54, 1.807) is 0 Å². The summed E-state index contributed by atoms with van der Waals surface area (Å²) in [5.74, 6) is 0.474. The van der Waals surface area contributed by atoms with Gasteiger partial charge in [-0.15, -0.1) is 11.3 Å². The number of guanidine groups is 1. The SMILES string of the molecule is CCNC(=NCCN1CCN(CC)CC1)NC(C)c1nc(C)c(C(=O)OCC)s1. The van der Waals surface area contributed by atoms with E-state index in [4.69, 9.17) is 9.73 Å². The fourth-order valence-electron chi connectivity index (χ4n) is 3.21. The maximum atomic E-state index is 12.0. The van der Waals surface area contributed by atoms with Crippen LogP contribution in [0.2, 0.25) is 0 Å². The highest BCUT2D eigenvalue weighted by Crippen LogP contribution is 2.24. The Bertz CT molecular complexity index is 670. The van der Waals surface area contributed by atoms with Gasteiger partial charge in [0.2, 0.25) is 0 Å². The van der Waals surface area contributed by atoms with Gasteiger partial charge in [0.15, 0.2) is 5.96 Å². The second-order valence-electron chi connectivity index (χ2n) is 7.09. The summed E-state index contributed by atoms with van der Waals surface area (Å²) in [6.45, 7) is 18.5. The number of esters is 1. The molecule has 8 nitrogen and oxygen atoms in total. The van der Waals surface area contributed by atoms with Crippen LogP contribution in [0.25, 0.3) is 0 Å². The number of likely N-dealkylation sites (N-methyl/N-ethyl adjacent to an activating group) is 1. The first kappa shape index (κ1) is 23.6. The van der Waals surface area contributed by atoms with E-state index in [1.165, 1.54) is 11.3 Å². The Morgan fingerprint density at radius 3 is 2.55 bits per heavy atom. The Hall–Kier alpha value is -1.71. The predicted molar refractivity (Wildman–Crippen MR) is 119 cm³/mol. The number of nitrogens with zero attached hydrogens (tertiary/aromatic N) is 4. The number of ether oxygens (including phenoxy) is 1. The van der Waals surface area contributed by atoms with Gasteiger partial charge in [0.1, 0.15) is 9.88 Å². The Morgan fingerprint density at radius 1 is 1.24 bits per heavy atom. The first-order valence-corrected chi connectivity index (χ1v) is 11.4. The molecule has 0 radical (unpaired) electrons. The summed E-state index contributed by atoms with van der Waals surface area (Å²) in [4.78, 5) is 26.9. The largest absolute Gasteiger partial charge is 0.462 e. The van der Waals surface area contributed by atoms with Crippen molar-refractivity contribution in [1.82, 2.24) is 25.4 Å². The van der Waals surface area contributed by atoms with E-state index in [1.807, 2.05) is 20.8 Å². The van der Waals surface area contributed by atoms with Gasteiger partial charge in [0.25, 0.3) is 0 Å². The molecule has 0 amide bonds. The van der Waals surface area contributed by atoms with Crippen molar-refractivity contribution in [2.45, 2.75) is 40.7 Å². The van der Waals surface area contributed by atoms with Gasteiger partial charge in [0, 0.05) is 39.3 Å². The average Bonchev–Trinajstić information content (AvgIpc) is 3.11. The molecule has 2 rings (SSSR count). The van der Waals surface area contributed by atoms with E-state index >= 15 is 0 Å². The molecule has 1 saturated heterocycles. The molecule has 164 valence electrons. The number of aryl methyl sites for hydroxylation is 1. The standard InChI is InChI=1S/C20H36N6O2S/c1-6-21-20(22-9-10-26-13-11-25(7-2)12-14-26)24-16(5)18-23-15(4)17(29-18)19(27)28-8-3/h16H,6-14H2,1-5H3,(H2,21,22,24). The lowest BCUT2D eigenvalue weighted by atomic mass is 10.3. The van der Waals surface area contributed by atoms with Crippen LogP contribution in [0, 0.1) is 6.92 Å². The highest BCUT2D eigenvalue weighted by Gasteiger charge is 2.20. The number of hydrogen-bond donors (Lipinski definition) is 2. The third-order valence-corrected chi connectivity index (χ3v) is 6.26. The van der Waals surface area contributed by atoms with Crippen molar-refractivity contribution >= 4 is 23.3 Å². The zero-order valence-corrected chi connectivity index (χ0v) is 19.3. The molecule has 2 N–H and O–H groups in total. The Kier molecular flexibility index (Phi) is 9.83. The second kappa shape index (κ2) is 12.1. The molecule has 1 aliphatic heterocycles. The zero-order chi connectivity index (χ0) is 21.2. The zero-order valence-electron chi connectivity index (χ0n) is 18.5. The van der Waals surface area contributed by atoms with Crippen LogP contribution in [0.5, 0.6) is 0 Å². The number of rotatable bonds is 9. The lowest BCUT2D eigenvalue weighted by Crippen LogP contribution is -2.47. The number of thiazole rings is 1. The second-order valence-corrected chi connectivity index (χ2v) is 8.12. The molecule has 0 aliphatic carbocycles. The molecule has 0 bridgehead atoms. The molecule has 9 heteroatoms. The molecule has 1 atom stereocenters. The van der Waals surface area contributed by atoms with Crippen LogP contribution in [0.3, 0.4) is 0 Å². The highest BCUT2D eigenvalue weighted by atomic mass is 32.1. The van der Waals surface area contributed by atoms with Crippen molar-refractivity contribution in [2.24, 2.45) is 4.99 Å². The number of carbonyl (C=O) groups excluding carboxylic acids is 1. The lowest BCUT2D eigenvalue weighted by molar-refractivity contribution is 0.0531. The first-order chi connectivity index (χ1) is 14.0. The summed E-state index contributed by atoms with van der Waals surface area (Å²) in [7, 11) is 0. The van der Waals surface area contributed by atoms with Gasteiger partial charge in [-0.25, -0.2) is 9.78 Å². The normalized spacial score (nSPS) is 17.2. The van der Waals surface area contributed by atoms with Crippen LogP contribution in [0.1, 0.15) is 54.1 Å².